The van der Waals surface area contributed by atoms with E-state index in [0.29, 0.717) is 0 Å². The van der Waals surface area contributed by atoms with Crippen molar-refractivity contribution >= 4 is 60.3 Å². The van der Waals surface area contributed by atoms with Gasteiger partial charge >= 0.3 is 0 Å². The van der Waals surface area contributed by atoms with Crippen molar-refractivity contribution < 1.29 is 4.42 Å². The van der Waals surface area contributed by atoms with Gasteiger partial charge in [-0.1, -0.05) is 42.5 Å². The first-order valence-electron chi connectivity index (χ1n) is 11.1. The molecule has 0 saturated heterocycles. The molecule has 0 radical (unpaired) electrons. The number of furan rings is 1. The Labute approximate surface area is 180 Å². The van der Waals surface area contributed by atoms with E-state index in [1.807, 2.05) is 0 Å². The number of allylic oxidation sites excluding steroid dienone is 1. The summed E-state index contributed by atoms with van der Waals surface area (Å²) in [6.45, 7) is 4.39. The normalized spacial score (nSPS) is 13.7. The van der Waals surface area contributed by atoms with Gasteiger partial charge in [-0.05, 0) is 112 Å². The number of aryl methyl sites for hydroxylation is 3. The van der Waals surface area contributed by atoms with E-state index >= 15 is 0 Å². The van der Waals surface area contributed by atoms with Crippen molar-refractivity contribution in [3.8, 4) is 0 Å². The molecule has 0 amide bonds. The molecule has 0 N–H and O–H groups in total. The average Bonchev–Trinajstić information content (AvgIpc) is 3.15. The first-order valence-corrected chi connectivity index (χ1v) is 11.1. The fourth-order valence-electron chi connectivity index (χ4n) is 5.54. The largest absolute Gasteiger partial charge is 0.456 e. The standard InChI is InChI=1S/C30H22O/c1-17-11-27-29(25-15-21-9-5-3-7-19(21)13-23(17)25)30-26-16-22-10-6-4-8-20(22)14-24(26)18(2)12-28(30)31-27/h3,5-7,9-16H,4,8H2,1-2H3. The molecule has 0 saturated carbocycles. The zero-order chi connectivity index (χ0) is 20.7. The van der Waals surface area contributed by atoms with Crippen molar-refractivity contribution in [2.45, 2.75) is 26.7 Å². The highest BCUT2D eigenvalue weighted by Crippen LogP contribution is 2.43. The Morgan fingerprint density at radius 2 is 1.29 bits per heavy atom. The number of rotatable bonds is 0. The molecule has 0 bridgehead atoms. The van der Waals surface area contributed by atoms with Gasteiger partial charge in [-0.25, -0.2) is 0 Å². The summed E-state index contributed by atoms with van der Waals surface area (Å²) in [5.41, 5.74) is 7.31. The second kappa shape index (κ2) is 5.98. The number of fused-ring (bicyclic) bond motifs is 9. The van der Waals surface area contributed by atoms with Gasteiger partial charge in [-0.3, -0.25) is 0 Å². The maximum absolute atomic E-state index is 6.47. The summed E-state index contributed by atoms with van der Waals surface area (Å²) in [5, 5.41) is 10.3. The monoisotopic (exact) mass is 398 g/mol. The second-order valence-corrected chi connectivity index (χ2v) is 9.02. The molecule has 1 heteroatoms. The Balaban J connectivity index is 1.74. The summed E-state index contributed by atoms with van der Waals surface area (Å²) in [4.78, 5) is 0. The van der Waals surface area contributed by atoms with Gasteiger partial charge in [-0.15, -0.1) is 0 Å². The summed E-state index contributed by atoms with van der Waals surface area (Å²) >= 11 is 0. The molecule has 1 nitrogen and oxygen atoms in total. The molecule has 1 aliphatic rings. The molecule has 6 aromatic rings. The summed E-state index contributed by atoms with van der Waals surface area (Å²) in [5.74, 6) is 0. The molecule has 0 aliphatic heterocycles. The van der Waals surface area contributed by atoms with Crippen molar-refractivity contribution in [3.63, 3.8) is 0 Å². The lowest BCUT2D eigenvalue weighted by molar-refractivity contribution is 0.669. The Morgan fingerprint density at radius 3 is 2.00 bits per heavy atom. The lowest BCUT2D eigenvalue weighted by atomic mass is 9.89. The molecule has 1 aliphatic carbocycles. The smallest absolute Gasteiger partial charge is 0.136 e. The highest BCUT2D eigenvalue weighted by Gasteiger charge is 2.18. The van der Waals surface area contributed by atoms with Crippen molar-refractivity contribution in [2.75, 3.05) is 0 Å². The fourth-order valence-corrected chi connectivity index (χ4v) is 5.54. The maximum Gasteiger partial charge on any atom is 0.136 e. The number of benzene rings is 5. The highest BCUT2D eigenvalue weighted by atomic mass is 16.3. The quantitative estimate of drug-likeness (QED) is 0.233. The molecule has 0 spiro atoms. The van der Waals surface area contributed by atoms with E-state index in [9.17, 15) is 0 Å². The Morgan fingerprint density at radius 1 is 0.677 bits per heavy atom. The van der Waals surface area contributed by atoms with Gasteiger partial charge < -0.3 is 4.42 Å². The fraction of sp³-hybridized carbons (Fsp3) is 0.133. The van der Waals surface area contributed by atoms with Crippen LogP contribution in [-0.2, 0) is 6.42 Å². The van der Waals surface area contributed by atoms with Crippen LogP contribution < -0.4 is 0 Å². The Kier molecular flexibility index (Phi) is 3.31. The lowest BCUT2D eigenvalue weighted by Crippen LogP contribution is -1.95. The third kappa shape index (κ3) is 2.32. The van der Waals surface area contributed by atoms with Crippen LogP contribution in [0.15, 0.2) is 71.2 Å². The van der Waals surface area contributed by atoms with Crippen molar-refractivity contribution in [1.29, 1.82) is 0 Å². The molecule has 0 unspecified atom stereocenters. The number of hydrogen-bond acceptors (Lipinski definition) is 1. The van der Waals surface area contributed by atoms with E-state index in [2.05, 4.69) is 86.7 Å². The van der Waals surface area contributed by atoms with Gasteiger partial charge in [0.05, 0.1) is 0 Å². The molecule has 5 aromatic carbocycles. The lowest BCUT2D eigenvalue weighted by Gasteiger charge is -2.14. The second-order valence-electron chi connectivity index (χ2n) is 9.02. The van der Waals surface area contributed by atoms with E-state index in [0.717, 1.165) is 24.0 Å². The van der Waals surface area contributed by atoms with Crippen LogP contribution in [0.2, 0.25) is 0 Å². The van der Waals surface area contributed by atoms with E-state index < -0.39 is 0 Å². The zero-order valence-corrected chi connectivity index (χ0v) is 17.8. The van der Waals surface area contributed by atoms with Crippen molar-refractivity contribution in [2.24, 2.45) is 0 Å². The van der Waals surface area contributed by atoms with Gasteiger partial charge in [0.1, 0.15) is 11.2 Å². The molecule has 1 aromatic heterocycles. The van der Waals surface area contributed by atoms with Crippen LogP contribution in [0.5, 0.6) is 0 Å². The van der Waals surface area contributed by atoms with Crippen LogP contribution in [0.4, 0.5) is 0 Å². The topological polar surface area (TPSA) is 13.1 Å². The average molecular weight is 399 g/mol. The van der Waals surface area contributed by atoms with Crippen molar-refractivity contribution in [1.82, 2.24) is 0 Å². The highest BCUT2D eigenvalue weighted by molar-refractivity contribution is 6.28. The summed E-state index contributed by atoms with van der Waals surface area (Å²) < 4.78 is 6.47. The third-order valence-electron chi connectivity index (χ3n) is 7.09. The van der Waals surface area contributed by atoms with E-state index in [4.69, 9.17) is 4.42 Å². The molecular weight excluding hydrogens is 376 g/mol. The first kappa shape index (κ1) is 17.1. The van der Waals surface area contributed by atoms with Crippen LogP contribution >= 0.6 is 0 Å². The van der Waals surface area contributed by atoms with Crippen LogP contribution in [0.1, 0.15) is 28.7 Å². The molecule has 0 fully saturated rings. The van der Waals surface area contributed by atoms with Gasteiger partial charge in [0, 0.05) is 10.8 Å². The first-order chi connectivity index (χ1) is 15.2. The third-order valence-corrected chi connectivity index (χ3v) is 7.09. The van der Waals surface area contributed by atoms with Crippen LogP contribution in [-0.4, -0.2) is 0 Å². The predicted molar refractivity (Wildman–Crippen MR) is 133 cm³/mol. The summed E-state index contributed by atoms with van der Waals surface area (Å²) in [6.07, 6.45) is 6.83. The molecule has 0 atom stereocenters. The summed E-state index contributed by atoms with van der Waals surface area (Å²) in [7, 11) is 0. The van der Waals surface area contributed by atoms with E-state index in [1.54, 1.807) is 0 Å². The molecule has 7 rings (SSSR count). The van der Waals surface area contributed by atoms with E-state index in [1.165, 1.54) is 65.3 Å². The molecule has 148 valence electrons. The predicted octanol–water partition coefficient (Wildman–Crippen LogP) is 8.62. The minimum atomic E-state index is 0.982. The summed E-state index contributed by atoms with van der Waals surface area (Å²) in [6, 6.07) is 22.5. The van der Waals surface area contributed by atoms with Crippen LogP contribution in [0.25, 0.3) is 60.3 Å². The van der Waals surface area contributed by atoms with Gasteiger partial charge in [-0.2, -0.15) is 0 Å². The van der Waals surface area contributed by atoms with Gasteiger partial charge in [0.15, 0.2) is 0 Å². The van der Waals surface area contributed by atoms with Gasteiger partial charge in [0.2, 0.25) is 0 Å². The van der Waals surface area contributed by atoms with Crippen LogP contribution in [0.3, 0.4) is 0 Å². The molecule has 31 heavy (non-hydrogen) atoms. The maximum atomic E-state index is 6.47. The van der Waals surface area contributed by atoms with Crippen molar-refractivity contribution in [3.05, 3.63) is 89.0 Å². The van der Waals surface area contributed by atoms with Gasteiger partial charge in [0.25, 0.3) is 0 Å². The minimum Gasteiger partial charge on any atom is -0.456 e. The Hall–Kier alpha value is -3.58. The van der Waals surface area contributed by atoms with Crippen LogP contribution in [0, 0.1) is 13.8 Å². The zero-order valence-electron chi connectivity index (χ0n) is 17.8. The number of hydrogen-bond donors (Lipinski definition) is 0. The molecular formula is C30H22O. The van der Waals surface area contributed by atoms with E-state index in [-0.39, 0.29) is 0 Å². The molecule has 1 heterocycles. The minimum absolute atomic E-state index is 0.982. The SMILES string of the molecule is Cc1cc2oc3cc(C)c4cc5ccccc5cc4c3c2c2cc3c(cc12)CCC=C3. The Bertz CT molecular complexity index is 1740.